The van der Waals surface area contributed by atoms with E-state index in [1.165, 1.54) is 31.2 Å². The Labute approximate surface area is 144 Å². The fourth-order valence-electron chi connectivity index (χ4n) is 2.37. The van der Waals surface area contributed by atoms with E-state index in [2.05, 4.69) is 5.32 Å². The molecule has 5 N–H and O–H groups in total. The van der Waals surface area contributed by atoms with E-state index in [0.29, 0.717) is 11.1 Å². The lowest BCUT2D eigenvalue weighted by Gasteiger charge is -2.11. The second kappa shape index (κ2) is 7.39. The summed E-state index contributed by atoms with van der Waals surface area (Å²) < 4.78 is 0. The number of nitrogens with two attached hydrogens (primary N) is 2. The summed E-state index contributed by atoms with van der Waals surface area (Å²) in [5.41, 5.74) is 11.7. The van der Waals surface area contributed by atoms with Gasteiger partial charge in [-0.15, -0.1) is 0 Å². The fourth-order valence-corrected chi connectivity index (χ4v) is 2.37. The monoisotopic (exact) mass is 339 g/mol. The number of primary amides is 2. The highest BCUT2D eigenvalue weighted by atomic mass is 16.2. The molecule has 0 spiro atoms. The average Bonchev–Trinajstić information content (AvgIpc) is 2.59. The van der Waals surface area contributed by atoms with Crippen molar-refractivity contribution in [3.8, 4) is 0 Å². The van der Waals surface area contributed by atoms with Gasteiger partial charge in [0, 0.05) is 23.2 Å². The Hall–Kier alpha value is -3.48. The van der Waals surface area contributed by atoms with Gasteiger partial charge in [0.25, 0.3) is 5.91 Å². The van der Waals surface area contributed by atoms with Crippen LogP contribution >= 0.6 is 0 Å². The maximum Gasteiger partial charge on any atom is 0.252 e. The van der Waals surface area contributed by atoms with Gasteiger partial charge in [0.1, 0.15) is 0 Å². The maximum absolute atomic E-state index is 12.3. The van der Waals surface area contributed by atoms with Gasteiger partial charge < -0.3 is 16.8 Å². The normalized spacial score (nSPS) is 10.1. The number of carbonyl (C=O) groups excluding carboxylic acids is 4. The molecular weight excluding hydrogens is 322 g/mol. The van der Waals surface area contributed by atoms with Crippen LogP contribution in [0.4, 0.5) is 0 Å². The van der Waals surface area contributed by atoms with E-state index in [1.54, 1.807) is 18.2 Å². The lowest BCUT2D eigenvalue weighted by molar-refractivity contribution is 0.0934. The predicted octanol–water partition coefficient (Wildman–Crippen LogP) is 1.02. The standard InChI is InChI=1S/C18H17N3O4/c1-10(22)13-4-2-3-5-14(13)18(25)21-9-12-7-6-11(16(19)23)8-15(12)17(20)24/h2-8H,9H2,1H3,(H2,19,23)(H2,20,24)(H,21,25). The van der Waals surface area contributed by atoms with E-state index in [9.17, 15) is 19.2 Å². The third kappa shape index (κ3) is 4.08. The summed E-state index contributed by atoms with van der Waals surface area (Å²) in [6.07, 6.45) is 0. The van der Waals surface area contributed by atoms with Gasteiger partial charge in [0.05, 0.1) is 5.56 Å². The molecule has 25 heavy (non-hydrogen) atoms. The van der Waals surface area contributed by atoms with Crippen molar-refractivity contribution in [1.29, 1.82) is 0 Å². The number of nitrogens with one attached hydrogen (secondary N) is 1. The molecule has 128 valence electrons. The number of hydrogen-bond acceptors (Lipinski definition) is 4. The summed E-state index contributed by atoms with van der Waals surface area (Å²) in [5, 5.41) is 2.64. The summed E-state index contributed by atoms with van der Waals surface area (Å²) in [4.78, 5) is 46.7. The van der Waals surface area contributed by atoms with Crippen LogP contribution in [-0.4, -0.2) is 23.5 Å². The van der Waals surface area contributed by atoms with Crippen molar-refractivity contribution in [2.24, 2.45) is 11.5 Å². The maximum atomic E-state index is 12.3. The molecule has 0 unspecified atom stereocenters. The number of Topliss-reactive ketones (excluding diaryl/α,β-unsaturated/α-hetero) is 1. The third-order valence-electron chi connectivity index (χ3n) is 3.65. The molecular formula is C18H17N3O4. The molecule has 2 aromatic rings. The lowest BCUT2D eigenvalue weighted by Crippen LogP contribution is -2.26. The minimum absolute atomic E-state index is 0.00237. The van der Waals surface area contributed by atoms with Crippen molar-refractivity contribution in [3.05, 3.63) is 70.3 Å². The topological polar surface area (TPSA) is 132 Å². The van der Waals surface area contributed by atoms with Crippen LogP contribution in [0.2, 0.25) is 0 Å². The smallest absolute Gasteiger partial charge is 0.252 e. The summed E-state index contributed by atoms with van der Waals surface area (Å²) in [6.45, 7) is 1.38. The van der Waals surface area contributed by atoms with Crippen LogP contribution in [0.5, 0.6) is 0 Å². The Morgan fingerprint density at radius 2 is 1.52 bits per heavy atom. The van der Waals surface area contributed by atoms with E-state index in [4.69, 9.17) is 11.5 Å². The Morgan fingerprint density at radius 3 is 2.08 bits per heavy atom. The Morgan fingerprint density at radius 1 is 0.880 bits per heavy atom. The minimum atomic E-state index is -0.739. The molecule has 0 fully saturated rings. The summed E-state index contributed by atoms with van der Waals surface area (Å²) >= 11 is 0. The number of rotatable bonds is 6. The molecule has 0 aromatic heterocycles. The van der Waals surface area contributed by atoms with Crippen molar-refractivity contribution in [3.63, 3.8) is 0 Å². The zero-order valence-corrected chi connectivity index (χ0v) is 13.5. The zero-order valence-electron chi connectivity index (χ0n) is 13.5. The van der Waals surface area contributed by atoms with Crippen molar-refractivity contribution in [2.45, 2.75) is 13.5 Å². The van der Waals surface area contributed by atoms with Crippen LogP contribution in [0.1, 0.15) is 53.9 Å². The summed E-state index contributed by atoms with van der Waals surface area (Å²) in [5.74, 6) is -2.11. The van der Waals surface area contributed by atoms with E-state index in [0.717, 1.165) is 0 Å². The van der Waals surface area contributed by atoms with Crippen LogP contribution < -0.4 is 16.8 Å². The van der Waals surface area contributed by atoms with Crippen molar-refractivity contribution in [2.75, 3.05) is 0 Å². The molecule has 0 saturated carbocycles. The average molecular weight is 339 g/mol. The van der Waals surface area contributed by atoms with Crippen molar-refractivity contribution < 1.29 is 19.2 Å². The molecule has 2 rings (SSSR count). The third-order valence-corrected chi connectivity index (χ3v) is 3.65. The van der Waals surface area contributed by atoms with Crippen LogP contribution in [0.15, 0.2) is 42.5 Å². The first-order chi connectivity index (χ1) is 11.8. The molecule has 3 amide bonds. The number of carbonyl (C=O) groups is 4. The van der Waals surface area contributed by atoms with Gasteiger partial charge in [-0.05, 0) is 30.7 Å². The number of ketones is 1. The zero-order chi connectivity index (χ0) is 18.6. The van der Waals surface area contributed by atoms with Gasteiger partial charge in [-0.2, -0.15) is 0 Å². The SMILES string of the molecule is CC(=O)c1ccccc1C(=O)NCc1ccc(C(N)=O)cc1C(N)=O. The molecule has 0 aliphatic heterocycles. The van der Waals surface area contributed by atoms with E-state index in [-0.39, 0.29) is 29.0 Å². The highest BCUT2D eigenvalue weighted by Gasteiger charge is 2.16. The highest BCUT2D eigenvalue weighted by molar-refractivity contribution is 6.07. The molecule has 0 radical (unpaired) electrons. The minimum Gasteiger partial charge on any atom is -0.366 e. The molecule has 0 saturated heterocycles. The van der Waals surface area contributed by atoms with Crippen LogP contribution in [0, 0.1) is 0 Å². The number of hydrogen-bond donors (Lipinski definition) is 3. The largest absolute Gasteiger partial charge is 0.366 e. The first-order valence-corrected chi connectivity index (χ1v) is 7.42. The van der Waals surface area contributed by atoms with Gasteiger partial charge in [0.2, 0.25) is 11.8 Å². The number of amides is 3. The molecule has 7 nitrogen and oxygen atoms in total. The van der Waals surface area contributed by atoms with Crippen LogP contribution in [-0.2, 0) is 6.54 Å². The molecule has 0 bridgehead atoms. The van der Waals surface area contributed by atoms with Crippen molar-refractivity contribution in [1.82, 2.24) is 5.32 Å². The van der Waals surface area contributed by atoms with Crippen molar-refractivity contribution >= 4 is 23.5 Å². The van der Waals surface area contributed by atoms with Crippen LogP contribution in [0.3, 0.4) is 0 Å². The molecule has 0 aliphatic carbocycles. The van der Waals surface area contributed by atoms with Crippen LogP contribution in [0.25, 0.3) is 0 Å². The quantitative estimate of drug-likeness (QED) is 0.678. The Bertz CT molecular complexity index is 874. The molecule has 0 atom stereocenters. The van der Waals surface area contributed by atoms with Gasteiger partial charge in [-0.25, -0.2) is 0 Å². The molecule has 0 aliphatic rings. The summed E-state index contributed by atoms with van der Waals surface area (Å²) in [7, 11) is 0. The highest BCUT2D eigenvalue weighted by Crippen LogP contribution is 2.13. The predicted molar refractivity (Wildman–Crippen MR) is 91.1 cm³/mol. The Kier molecular flexibility index (Phi) is 5.28. The van der Waals surface area contributed by atoms with Gasteiger partial charge in [-0.3, -0.25) is 19.2 Å². The van der Waals surface area contributed by atoms with E-state index < -0.39 is 17.7 Å². The summed E-state index contributed by atoms with van der Waals surface area (Å²) in [6, 6.07) is 10.6. The number of benzene rings is 2. The van der Waals surface area contributed by atoms with Gasteiger partial charge in [-0.1, -0.05) is 24.3 Å². The van der Waals surface area contributed by atoms with E-state index >= 15 is 0 Å². The lowest BCUT2D eigenvalue weighted by atomic mass is 10.0. The fraction of sp³-hybridized carbons (Fsp3) is 0.111. The first kappa shape index (κ1) is 17.9. The Balaban J connectivity index is 2.24. The van der Waals surface area contributed by atoms with Gasteiger partial charge >= 0.3 is 0 Å². The van der Waals surface area contributed by atoms with Gasteiger partial charge in [0.15, 0.2) is 5.78 Å². The second-order valence-corrected chi connectivity index (χ2v) is 5.38. The van der Waals surface area contributed by atoms with E-state index in [1.807, 2.05) is 0 Å². The molecule has 0 heterocycles. The second-order valence-electron chi connectivity index (χ2n) is 5.38. The first-order valence-electron chi connectivity index (χ1n) is 7.42. The molecule has 2 aromatic carbocycles. The molecule has 7 heteroatoms.